The molecule has 0 aliphatic carbocycles. The molecule has 126 valence electrons. The Morgan fingerprint density at radius 1 is 0.960 bits per heavy atom. The van der Waals surface area contributed by atoms with Gasteiger partial charge in [-0.2, -0.15) is 5.10 Å². The number of carbonyl (C=O) groups excluding carboxylic acids is 1. The molecule has 1 heterocycles. The molecule has 0 bridgehead atoms. The summed E-state index contributed by atoms with van der Waals surface area (Å²) in [6.45, 7) is 2.76. The molecule has 0 saturated carbocycles. The molecule has 0 radical (unpaired) electrons. The van der Waals surface area contributed by atoms with E-state index in [1.165, 1.54) is 22.4 Å². The van der Waals surface area contributed by atoms with Crippen molar-refractivity contribution in [2.75, 3.05) is 0 Å². The van der Waals surface area contributed by atoms with Gasteiger partial charge in [-0.3, -0.25) is 9.59 Å². The van der Waals surface area contributed by atoms with Crippen molar-refractivity contribution in [3.8, 4) is 0 Å². The topological polar surface area (TPSA) is 64.0 Å². The summed E-state index contributed by atoms with van der Waals surface area (Å²) in [7, 11) is 0. The Hall–Kier alpha value is -3.21. The van der Waals surface area contributed by atoms with E-state index >= 15 is 0 Å². The monoisotopic (exact) mass is 333 g/mol. The number of carbonyl (C=O) groups is 1. The minimum Gasteiger partial charge on any atom is -0.347 e. The second-order valence-corrected chi connectivity index (χ2v) is 5.87. The van der Waals surface area contributed by atoms with Gasteiger partial charge in [-0.1, -0.05) is 60.2 Å². The van der Waals surface area contributed by atoms with Gasteiger partial charge >= 0.3 is 0 Å². The molecule has 0 saturated heterocycles. The Morgan fingerprint density at radius 3 is 2.40 bits per heavy atom. The maximum absolute atomic E-state index is 12.3. The minimum atomic E-state index is -0.303. The van der Waals surface area contributed by atoms with Gasteiger partial charge in [-0.15, -0.1) is 0 Å². The first kappa shape index (κ1) is 16.6. The number of hydrogen-bond acceptors (Lipinski definition) is 3. The summed E-state index contributed by atoms with van der Waals surface area (Å²) < 4.78 is 1.30. The maximum Gasteiger partial charge on any atom is 0.271 e. The Balaban J connectivity index is 1.71. The van der Waals surface area contributed by atoms with Crippen molar-refractivity contribution < 1.29 is 4.79 Å². The molecule has 0 unspecified atom stereocenters. The van der Waals surface area contributed by atoms with Crippen molar-refractivity contribution in [3.63, 3.8) is 0 Å². The number of aryl methyl sites for hydroxylation is 1. The van der Waals surface area contributed by atoms with Crippen LogP contribution in [0.3, 0.4) is 0 Å². The van der Waals surface area contributed by atoms with Gasteiger partial charge < -0.3 is 5.32 Å². The summed E-state index contributed by atoms with van der Waals surface area (Å²) in [5.41, 5.74) is 3.12. The number of nitrogens with one attached hydrogen (secondary N) is 1. The van der Waals surface area contributed by atoms with Crippen LogP contribution >= 0.6 is 0 Å². The molecule has 2 aromatic carbocycles. The van der Waals surface area contributed by atoms with E-state index in [1.807, 2.05) is 61.5 Å². The van der Waals surface area contributed by atoms with Gasteiger partial charge in [0.15, 0.2) is 0 Å². The standard InChI is InChI=1S/C20H19N3O2/c1-15-7-9-16(10-8-15)13-21-20(25)18-11-12-19(24)23(22-18)14-17-5-3-2-4-6-17/h2-12H,13-14H2,1H3,(H,21,25). The predicted molar refractivity (Wildman–Crippen MR) is 96.4 cm³/mol. The lowest BCUT2D eigenvalue weighted by Gasteiger charge is -2.08. The van der Waals surface area contributed by atoms with Crippen molar-refractivity contribution in [1.82, 2.24) is 15.1 Å². The molecule has 1 amide bonds. The summed E-state index contributed by atoms with van der Waals surface area (Å²) in [5.74, 6) is -0.303. The van der Waals surface area contributed by atoms with Crippen LogP contribution in [0.5, 0.6) is 0 Å². The zero-order valence-electron chi connectivity index (χ0n) is 14.0. The van der Waals surface area contributed by atoms with E-state index < -0.39 is 0 Å². The Kier molecular flexibility index (Phi) is 5.04. The number of hydrogen-bond donors (Lipinski definition) is 1. The average Bonchev–Trinajstić information content (AvgIpc) is 2.64. The fourth-order valence-corrected chi connectivity index (χ4v) is 2.42. The molecular weight excluding hydrogens is 314 g/mol. The van der Waals surface area contributed by atoms with E-state index in [0.717, 1.165) is 11.1 Å². The van der Waals surface area contributed by atoms with Gasteiger partial charge in [0.2, 0.25) is 0 Å². The van der Waals surface area contributed by atoms with Crippen molar-refractivity contribution in [2.45, 2.75) is 20.0 Å². The number of rotatable bonds is 5. The van der Waals surface area contributed by atoms with E-state index in [9.17, 15) is 9.59 Å². The highest BCUT2D eigenvalue weighted by Gasteiger charge is 2.09. The fraction of sp³-hybridized carbons (Fsp3) is 0.150. The van der Waals surface area contributed by atoms with E-state index in [0.29, 0.717) is 13.1 Å². The number of benzene rings is 2. The predicted octanol–water partition coefficient (Wildman–Crippen LogP) is 2.53. The molecule has 5 nitrogen and oxygen atoms in total. The minimum absolute atomic E-state index is 0.225. The van der Waals surface area contributed by atoms with Crippen molar-refractivity contribution in [2.24, 2.45) is 0 Å². The Morgan fingerprint density at radius 2 is 1.68 bits per heavy atom. The molecule has 1 aromatic heterocycles. The van der Waals surface area contributed by atoms with Crippen LogP contribution < -0.4 is 10.9 Å². The van der Waals surface area contributed by atoms with E-state index in [2.05, 4.69) is 10.4 Å². The molecule has 25 heavy (non-hydrogen) atoms. The molecule has 1 N–H and O–H groups in total. The van der Waals surface area contributed by atoms with Gasteiger partial charge in [-0.25, -0.2) is 4.68 Å². The van der Waals surface area contributed by atoms with Crippen LogP contribution in [0, 0.1) is 6.92 Å². The Labute approximate surface area is 145 Å². The van der Waals surface area contributed by atoms with E-state index in [4.69, 9.17) is 0 Å². The Bertz CT molecular complexity index is 916. The third-order valence-electron chi connectivity index (χ3n) is 3.85. The summed E-state index contributed by atoms with van der Waals surface area (Å²) in [6, 6.07) is 20.3. The van der Waals surface area contributed by atoms with Crippen LogP contribution in [0.4, 0.5) is 0 Å². The molecule has 0 fully saturated rings. The molecule has 0 aliphatic rings. The van der Waals surface area contributed by atoms with E-state index in [1.54, 1.807) is 0 Å². The first-order valence-corrected chi connectivity index (χ1v) is 8.08. The fourth-order valence-electron chi connectivity index (χ4n) is 2.42. The maximum atomic E-state index is 12.3. The second-order valence-electron chi connectivity index (χ2n) is 5.87. The third-order valence-corrected chi connectivity index (χ3v) is 3.85. The van der Waals surface area contributed by atoms with Gasteiger partial charge in [0, 0.05) is 12.6 Å². The zero-order valence-corrected chi connectivity index (χ0v) is 14.0. The SMILES string of the molecule is Cc1ccc(CNC(=O)c2ccc(=O)n(Cc3ccccc3)n2)cc1. The zero-order chi connectivity index (χ0) is 17.6. The van der Waals surface area contributed by atoms with E-state index in [-0.39, 0.29) is 17.2 Å². The highest BCUT2D eigenvalue weighted by Crippen LogP contribution is 2.03. The number of nitrogens with zero attached hydrogens (tertiary/aromatic N) is 2. The van der Waals surface area contributed by atoms with Crippen LogP contribution in [-0.4, -0.2) is 15.7 Å². The molecule has 0 aliphatic heterocycles. The summed E-state index contributed by atoms with van der Waals surface area (Å²) >= 11 is 0. The first-order chi connectivity index (χ1) is 12.1. The van der Waals surface area contributed by atoms with Crippen LogP contribution in [0.25, 0.3) is 0 Å². The number of amides is 1. The lowest BCUT2D eigenvalue weighted by atomic mass is 10.1. The molecule has 5 heteroatoms. The molecule has 0 spiro atoms. The highest BCUT2D eigenvalue weighted by atomic mass is 16.2. The quantitative estimate of drug-likeness (QED) is 0.780. The highest BCUT2D eigenvalue weighted by molar-refractivity contribution is 5.91. The summed E-state index contributed by atoms with van der Waals surface area (Å²) in [5, 5.41) is 7.01. The van der Waals surface area contributed by atoms with Gasteiger partial charge in [0.1, 0.15) is 5.69 Å². The molecule has 0 atom stereocenters. The molecule has 3 rings (SSSR count). The second kappa shape index (κ2) is 7.57. The van der Waals surface area contributed by atoms with Crippen LogP contribution in [0.15, 0.2) is 71.5 Å². The smallest absolute Gasteiger partial charge is 0.271 e. The lowest BCUT2D eigenvalue weighted by molar-refractivity contribution is 0.0943. The number of aromatic nitrogens is 2. The third kappa shape index (κ3) is 4.41. The summed E-state index contributed by atoms with van der Waals surface area (Å²) in [6.07, 6.45) is 0. The van der Waals surface area contributed by atoms with Gasteiger partial charge in [0.05, 0.1) is 6.54 Å². The average molecular weight is 333 g/mol. The van der Waals surface area contributed by atoms with Crippen molar-refractivity contribution >= 4 is 5.91 Å². The lowest BCUT2D eigenvalue weighted by Crippen LogP contribution is -2.29. The van der Waals surface area contributed by atoms with Gasteiger partial charge in [-0.05, 0) is 24.1 Å². The largest absolute Gasteiger partial charge is 0.347 e. The van der Waals surface area contributed by atoms with Crippen molar-refractivity contribution in [3.05, 3.63) is 99.5 Å². The first-order valence-electron chi connectivity index (χ1n) is 8.08. The molecular formula is C20H19N3O2. The summed E-state index contributed by atoms with van der Waals surface area (Å²) in [4.78, 5) is 24.3. The molecule has 3 aromatic rings. The van der Waals surface area contributed by atoms with Crippen LogP contribution in [0.1, 0.15) is 27.2 Å². The van der Waals surface area contributed by atoms with Gasteiger partial charge in [0.25, 0.3) is 11.5 Å². The van der Waals surface area contributed by atoms with Crippen molar-refractivity contribution in [1.29, 1.82) is 0 Å². The van der Waals surface area contributed by atoms with Crippen LogP contribution in [0.2, 0.25) is 0 Å². The van der Waals surface area contributed by atoms with Crippen LogP contribution in [-0.2, 0) is 13.1 Å². The normalized spacial score (nSPS) is 10.4.